The Labute approximate surface area is 144 Å². The van der Waals surface area contributed by atoms with Gasteiger partial charge in [0.25, 0.3) is 0 Å². The van der Waals surface area contributed by atoms with Crippen LogP contribution in [0.15, 0.2) is 41.8 Å². The van der Waals surface area contributed by atoms with Gasteiger partial charge < -0.3 is 5.32 Å². The summed E-state index contributed by atoms with van der Waals surface area (Å²) >= 11 is 3.31. The molecule has 3 nitrogen and oxygen atoms in total. The van der Waals surface area contributed by atoms with Crippen LogP contribution in [-0.2, 0) is 17.6 Å². The molecule has 1 amide bonds. The van der Waals surface area contributed by atoms with Crippen molar-refractivity contribution in [1.29, 1.82) is 0 Å². The summed E-state index contributed by atoms with van der Waals surface area (Å²) in [5, 5.41) is 5.83. The van der Waals surface area contributed by atoms with E-state index in [1.165, 1.54) is 21.1 Å². The van der Waals surface area contributed by atoms with Crippen LogP contribution < -0.4 is 5.32 Å². The standard InChI is InChI=1S/C18H18N2OS2/c1-3-13-8-9-16(23-13)15-11-22-18(20-15)10-17(21)19-14-7-5-4-6-12(14)2/h4-9,11H,3,10H2,1-2H3,(H,19,21). The summed E-state index contributed by atoms with van der Waals surface area (Å²) < 4.78 is 0. The van der Waals surface area contributed by atoms with Crippen LogP contribution >= 0.6 is 22.7 Å². The molecule has 0 aliphatic carbocycles. The molecule has 0 atom stereocenters. The summed E-state index contributed by atoms with van der Waals surface area (Å²) in [7, 11) is 0. The lowest BCUT2D eigenvalue weighted by Gasteiger charge is -2.06. The van der Waals surface area contributed by atoms with Gasteiger partial charge in [0.2, 0.25) is 5.91 Å². The molecule has 1 aromatic carbocycles. The van der Waals surface area contributed by atoms with E-state index in [1.807, 2.05) is 36.6 Å². The monoisotopic (exact) mass is 342 g/mol. The molecule has 0 radical (unpaired) electrons. The molecule has 0 aliphatic heterocycles. The minimum absolute atomic E-state index is 0.0272. The summed E-state index contributed by atoms with van der Waals surface area (Å²) in [5.41, 5.74) is 2.89. The molecule has 2 heterocycles. The highest BCUT2D eigenvalue weighted by Gasteiger charge is 2.11. The van der Waals surface area contributed by atoms with Crippen LogP contribution in [0.3, 0.4) is 0 Å². The zero-order valence-corrected chi connectivity index (χ0v) is 14.8. The normalized spacial score (nSPS) is 10.7. The molecule has 2 aromatic heterocycles. The first-order chi connectivity index (χ1) is 11.2. The highest BCUT2D eigenvalue weighted by atomic mass is 32.1. The number of anilines is 1. The predicted molar refractivity (Wildman–Crippen MR) is 98.3 cm³/mol. The average molecular weight is 342 g/mol. The van der Waals surface area contributed by atoms with E-state index < -0.39 is 0 Å². The number of thiazole rings is 1. The van der Waals surface area contributed by atoms with Crippen molar-refractivity contribution in [3.63, 3.8) is 0 Å². The van der Waals surface area contributed by atoms with E-state index in [9.17, 15) is 4.79 Å². The predicted octanol–water partition coefficient (Wildman–Crippen LogP) is 4.92. The first-order valence-electron chi connectivity index (χ1n) is 7.54. The third-order valence-electron chi connectivity index (χ3n) is 3.55. The van der Waals surface area contributed by atoms with Crippen molar-refractivity contribution in [3.8, 4) is 10.6 Å². The zero-order chi connectivity index (χ0) is 16.2. The van der Waals surface area contributed by atoms with Gasteiger partial charge in [0.05, 0.1) is 17.0 Å². The van der Waals surface area contributed by atoms with Crippen molar-refractivity contribution in [2.24, 2.45) is 0 Å². The second-order valence-corrected chi connectivity index (χ2v) is 7.40. The molecule has 0 aliphatic rings. The molecule has 0 bridgehead atoms. The molecule has 5 heteroatoms. The van der Waals surface area contributed by atoms with Gasteiger partial charge in [-0.25, -0.2) is 4.98 Å². The van der Waals surface area contributed by atoms with Crippen LogP contribution in [0.5, 0.6) is 0 Å². The van der Waals surface area contributed by atoms with Crippen molar-refractivity contribution in [2.75, 3.05) is 5.32 Å². The molecule has 0 spiro atoms. The van der Waals surface area contributed by atoms with Crippen molar-refractivity contribution in [1.82, 2.24) is 4.98 Å². The third-order valence-corrected chi connectivity index (χ3v) is 5.65. The lowest BCUT2D eigenvalue weighted by atomic mass is 10.2. The average Bonchev–Trinajstić information content (AvgIpc) is 3.18. The highest BCUT2D eigenvalue weighted by molar-refractivity contribution is 7.16. The van der Waals surface area contributed by atoms with Crippen molar-refractivity contribution in [3.05, 3.63) is 57.2 Å². The number of carbonyl (C=O) groups excluding carboxylic acids is 1. The van der Waals surface area contributed by atoms with Crippen molar-refractivity contribution < 1.29 is 4.79 Å². The SMILES string of the molecule is CCc1ccc(-c2csc(CC(=O)Nc3ccccc3C)n2)s1. The molecule has 1 N–H and O–H groups in total. The lowest BCUT2D eigenvalue weighted by molar-refractivity contribution is -0.115. The summed E-state index contributed by atoms with van der Waals surface area (Å²) in [6.45, 7) is 4.14. The Hall–Kier alpha value is -1.98. The minimum atomic E-state index is -0.0272. The largest absolute Gasteiger partial charge is 0.325 e. The Morgan fingerprint density at radius 2 is 2.04 bits per heavy atom. The molecule has 0 fully saturated rings. The van der Waals surface area contributed by atoms with Crippen molar-refractivity contribution >= 4 is 34.3 Å². The maximum atomic E-state index is 12.2. The second-order valence-electron chi connectivity index (χ2n) is 5.29. The van der Waals surface area contributed by atoms with E-state index in [1.54, 1.807) is 11.3 Å². The summed E-state index contributed by atoms with van der Waals surface area (Å²) in [6, 6.07) is 12.0. The summed E-state index contributed by atoms with van der Waals surface area (Å²) in [5.74, 6) is -0.0272. The Morgan fingerprint density at radius 1 is 1.22 bits per heavy atom. The van der Waals surface area contributed by atoms with Gasteiger partial charge in [-0.15, -0.1) is 22.7 Å². The number of rotatable bonds is 5. The van der Waals surface area contributed by atoms with E-state index in [0.29, 0.717) is 6.42 Å². The summed E-state index contributed by atoms with van der Waals surface area (Å²) in [4.78, 5) is 19.3. The lowest BCUT2D eigenvalue weighted by Crippen LogP contribution is -2.14. The van der Waals surface area contributed by atoms with E-state index in [4.69, 9.17) is 0 Å². The van der Waals surface area contributed by atoms with E-state index in [-0.39, 0.29) is 5.91 Å². The Balaban J connectivity index is 1.67. The Bertz CT molecular complexity index is 820. The maximum Gasteiger partial charge on any atom is 0.231 e. The fraction of sp³-hybridized carbons (Fsp3) is 0.222. The number of benzene rings is 1. The van der Waals surface area contributed by atoms with Gasteiger partial charge >= 0.3 is 0 Å². The molecule has 23 heavy (non-hydrogen) atoms. The van der Waals surface area contributed by atoms with Crippen LogP contribution in [0, 0.1) is 6.92 Å². The van der Waals surface area contributed by atoms with E-state index in [2.05, 4.69) is 29.4 Å². The number of hydrogen-bond donors (Lipinski definition) is 1. The number of para-hydroxylation sites is 1. The fourth-order valence-corrected chi connectivity index (χ4v) is 4.03. The highest BCUT2D eigenvalue weighted by Crippen LogP contribution is 2.29. The summed E-state index contributed by atoms with van der Waals surface area (Å²) in [6.07, 6.45) is 1.35. The van der Waals surface area contributed by atoms with Gasteiger partial charge in [0, 0.05) is 15.9 Å². The Morgan fingerprint density at radius 3 is 2.78 bits per heavy atom. The second kappa shape index (κ2) is 7.06. The maximum absolute atomic E-state index is 12.2. The van der Waals surface area contributed by atoms with E-state index in [0.717, 1.165) is 28.4 Å². The van der Waals surface area contributed by atoms with Crippen LogP contribution in [0.25, 0.3) is 10.6 Å². The molecule has 0 saturated heterocycles. The van der Waals surface area contributed by atoms with Gasteiger partial charge in [-0.2, -0.15) is 0 Å². The van der Waals surface area contributed by atoms with Gasteiger partial charge in [0.1, 0.15) is 5.01 Å². The van der Waals surface area contributed by atoms with Gasteiger partial charge in [0.15, 0.2) is 0 Å². The van der Waals surface area contributed by atoms with Crippen LogP contribution in [0.4, 0.5) is 5.69 Å². The number of thiophene rings is 1. The number of aryl methyl sites for hydroxylation is 2. The topological polar surface area (TPSA) is 42.0 Å². The number of nitrogens with zero attached hydrogens (tertiary/aromatic N) is 1. The molecular formula is C18H18N2OS2. The van der Waals surface area contributed by atoms with Crippen LogP contribution in [0.1, 0.15) is 22.4 Å². The van der Waals surface area contributed by atoms with Gasteiger partial charge in [-0.05, 0) is 37.1 Å². The quantitative estimate of drug-likeness (QED) is 0.715. The van der Waals surface area contributed by atoms with Crippen LogP contribution in [-0.4, -0.2) is 10.9 Å². The number of aromatic nitrogens is 1. The van der Waals surface area contributed by atoms with Gasteiger partial charge in [-0.1, -0.05) is 25.1 Å². The first kappa shape index (κ1) is 15.9. The van der Waals surface area contributed by atoms with Crippen LogP contribution in [0.2, 0.25) is 0 Å². The molecular weight excluding hydrogens is 324 g/mol. The first-order valence-corrected chi connectivity index (χ1v) is 9.24. The fourth-order valence-electron chi connectivity index (χ4n) is 2.26. The number of carbonyl (C=O) groups is 1. The molecule has 118 valence electrons. The zero-order valence-electron chi connectivity index (χ0n) is 13.1. The molecule has 3 rings (SSSR count). The number of amides is 1. The number of nitrogens with one attached hydrogen (secondary N) is 1. The number of hydrogen-bond acceptors (Lipinski definition) is 4. The smallest absolute Gasteiger partial charge is 0.231 e. The van der Waals surface area contributed by atoms with E-state index >= 15 is 0 Å². The minimum Gasteiger partial charge on any atom is -0.325 e. The molecule has 3 aromatic rings. The Kier molecular flexibility index (Phi) is 4.88. The molecule has 0 unspecified atom stereocenters. The molecule has 0 saturated carbocycles. The van der Waals surface area contributed by atoms with Gasteiger partial charge in [-0.3, -0.25) is 4.79 Å². The van der Waals surface area contributed by atoms with Crippen molar-refractivity contribution in [2.45, 2.75) is 26.7 Å². The third kappa shape index (κ3) is 3.86.